The number of hydrogen-bond acceptors (Lipinski definition) is 4. The third kappa shape index (κ3) is 3.35. The third-order valence-electron chi connectivity index (χ3n) is 3.41. The van der Waals surface area contributed by atoms with Crippen LogP contribution >= 0.6 is 0 Å². The summed E-state index contributed by atoms with van der Waals surface area (Å²) in [5.41, 5.74) is 2.16. The van der Waals surface area contributed by atoms with Gasteiger partial charge in [-0.3, -0.25) is 9.79 Å². The SMILES string of the molecule is O=C1/C(=C/c2ccccc2)NC(=NCc2ccccc2)/C1=N/O. The van der Waals surface area contributed by atoms with E-state index in [0.29, 0.717) is 12.2 Å². The summed E-state index contributed by atoms with van der Waals surface area (Å²) in [6, 6.07) is 19.1. The van der Waals surface area contributed by atoms with Crippen LogP contribution in [-0.2, 0) is 11.3 Å². The number of allylic oxidation sites excluding steroid dienone is 1. The van der Waals surface area contributed by atoms with E-state index in [1.165, 1.54) is 0 Å². The van der Waals surface area contributed by atoms with Gasteiger partial charge >= 0.3 is 0 Å². The number of nitrogens with zero attached hydrogens (tertiary/aromatic N) is 2. The predicted octanol–water partition coefficient (Wildman–Crippen LogP) is 2.63. The average molecular weight is 305 g/mol. The van der Waals surface area contributed by atoms with Gasteiger partial charge in [0, 0.05) is 0 Å². The van der Waals surface area contributed by atoms with Gasteiger partial charge in [0.05, 0.1) is 12.2 Å². The van der Waals surface area contributed by atoms with Crippen molar-refractivity contribution in [2.45, 2.75) is 6.54 Å². The van der Waals surface area contributed by atoms with E-state index in [2.05, 4.69) is 15.5 Å². The Bertz CT molecular complexity index is 794. The second-order valence-corrected chi connectivity index (χ2v) is 5.02. The summed E-state index contributed by atoms with van der Waals surface area (Å²) >= 11 is 0. The van der Waals surface area contributed by atoms with Crippen molar-refractivity contribution < 1.29 is 10.0 Å². The first kappa shape index (κ1) is 14.7. The molecule has 5 heteroatoms. The topological polar surface area (TPSA) is 74.0 Å². The van der Waals surface area contributed by atoms with Crippen molar-refractivity contribution in [3.63, 3.8) is 0 Å². The molecular weight excluding hydrogens is 290 g/mol. The summed E-state index contributed by atoms with van der Waals surface area (Å²) in [5.74, 6) is -0.0910. The van der Waals surface area contributed by atoms with Gasteiger partial charge in [-0.05, 0) is 17.2 Å². The van der Waals surface area contributed by atoms with Crippen LogP contribution in [0.3, 0.4) is 0 Å². The van der Waals surface area contributed by atoms with E-state index >= 15 is 0 Å². The van der Waals surface area contributed by atoms with Gasteiger partial charge < -0.3 is 10.5 Å². The van der Waals surface area contributed by atoms with E-state index in [1.54, 1.807) is 6.08 Å². The average Bonchev–Trinajstić information content (AvgIpc) is 2.90. The summed E-state index contributed by atoms with van der Waals surface area (Å²) in [6.45, 7) is 0.397. The van der Waals surface area contributed by atoms with E-state index < -0.39 is 0 Å². The van der Waals surface area contributed by atoms with Crippen LogP contribution in [0.1, 0.15) is 11.1 Å². The Morgan fingerprint density at radius 3 is 2.30 bits per heavy atom. The van der Waals surface area contributed by atoms with Crippen molar-refractivity contribution in [2.75, 3.05) is 0 Å². The Labute approximate surface area is 133 Å². The fourth-order valence-electron chi connectivity index (χ4n) is 2.26. The fraction of sp³-hybridized carbons (Fsp3) is 0.0556. The van der Waals surface area contributed by atoms with Gasteiger partial charge in [0.25, 0.3) is 0 Å². The highest BCUT2D eigenvalue weighted by Gasteiger charge is 2.31. The standard InChI is InChI=1S/C18H15N3O2/c22-17-15(11-13-7-3-1-4-8-13)20-18(16(17)21-23)19-12-14-9-5-2-6-10-14/h1-11,23H,12H2,(H,19,20)/b15-11-,21-16+. The number of benzene rings is 2. The van der Waals surface area contributed by atoms with Gasteiger partial charge in [-0.15, -0.1) is 0 Å². The molecule has 0 aliphatic carbocycles. The number of amidine groups is 1. The third-order valence-corrected chi connectivity index (χ3v) is 3.41. The Balaban J connectivity index is 1.85. The molecule has 1 saturated heterocycles. The van der Waals surface area contributed by atoms with Crippen LogP contribution in [0.4, 0.5) is 0 Å². The maximum absolute atomic E-state index is 12.3. The first-order valence-electron chi connectivity index (χ1n) is 7.17. The Hall–Kier alpha value is -3.21. The lowest BCUT2D eigenvalue weighted by molar-refractivity contribution is -0.109. The maximum Gasteiger partial charge on any atom is 0.234 e. The minimum Gasteiger partial charge on any atom is -0.410 e. The first-order chi connectivity index (χ1) is 11.3. The molecule has 0 bridgehead atoms. The molecule has 1 aliphatic rings. The lowest BCUT2D eigenvalue weighted by Crippen LogP contribution is -2.20. The monoisotopic (exact) mass is 305 g/mol. The summed E-state index contributed by atoms with van der Waals surface area (Å²) in [7, 11) is 0. The van der Waals surface area contributed by atoms with Crippen LogP contribution < -0.4 is 5.32 Å². The molecule has 0 aromatic heterocycles. The number of carbonyl (C=O) groups is 1. The largest absolute Gasteiger partial charge is 0.410 e. The summed E-state index contributed by atoms with van der Waals surface area (Å²) in [6.07, 6.45) is 1.71. The van der Waals surface area contributed by atoms with E-state index in [9.17, 15) is 4.79 Å². The molecule has 2 aromatic rings. The number of rotatable bonds is 3. The molecule has 2 aromatic carbocycles. The molecule has 0 atom stereocenters. The van der Waals surface area contributed by atoms with E-state index in [-0.39, 0.29) is 17.3 Å². The summed E-state index contributed by atoms with van der Waals surface area (Å²) in [4.78, 5) is 16.6. The number of Topliss-reactive ketones (excluding diaryl/α,β-unsaturated/α-hetero) is 1. The van der Waals surface area contributed by atoms with Crippen molar-refractivity contribution in [2.24, 2.45) is 10.1 Å². The predicted molar refractivity (Wildman–Crippen MR) is 89.4 cm³/mol. The van der Waals surface area contributed by atoms with Crippen LogP contribution in [0.2, 0.25) is 0 Å². The molecular formula is C18H15N3O2. The molecule has 0 spiro atoms. The number of nitrogens with one attached hydrogen (secondary N) is 1. The van der Waals surface area contributed by atoms with Crippen molar-refractivity contribution in [3.8, 4) is 0 Å². The number of oxime groups is 1. The molecule has 0 amide bonds. The van der Waals surface area contributed by atoms with Gasteiger partial charge in [-0.1, -0.05) is 65.8 Å². The molecule has 0 saturated carbocycles. The number of hydrogen-bond donors (Lipinski definition) is 2. The first-order valence-corrected chi connectivity index (χ1v) is 7.17. The lowest BCUT2D eigenvalue weighted by atomic mass is 10.1. The smallest absolute Gasteiger partial charge is 0.234 e. The Morgan fingerprint density at radius 2 is 1.65 bits per heavy atom. The number of aliphatic imine (C=N–C) groups is 1. The zero-order valence-corrected chi connectivity index (χ0v) is 12.3. The second kappa shape index (κ2) is 6.70. The molecule has 1 fully saturated rings. The molecule has 1 heterocycles. The van der Waals surface area contributed by atoms with Crippen LogP contribution in [0, 0.1) is 0 Å². The zero-order chi connectivity index (χ0) is 16.1. The molecule has 0 radical (unpaired) electrons. The zero-order valence-electron chi connectivity index (χ0n) is 12.3. The van der Waals surface area contributed by atoms with Crippen LogP contribution in [0.15, 0.2) is 76.5 Å². The minimum atomic E-state index is -0.372. The van der Waals surface area contributed by atoms with E-state index in [1.807, 2.05) is 60.7 Å². The van der Waals surface area contributed by atoms with Crippen LogP contribution in [0.25, 0.3) is 6.08 Å². The van der Waals surface area contributed by atoms with Gasteiger partial charge in [0.1, 0.15) is 0 Å². The molecule has 3 rings (SSSR count). The van der Waals surface area contributed by atoms with Crippen molar-refractivity contribution in [3.05, 3.63) is 77.5 Å². The molecule has 114 valence electrons. The van der Waals surface area contributed by atoms with Crippen LogP contribution in [-0.4, -0.2) is 22.5 Å². The van der Waals surface area contributed by atoms with E-state index in [4.69, 9.17) is 5.21 Å². The summed E-state index contributed by atoms with van der Waals surface area (Å²) in [5, 5.41) is 15.1. The van der Waals surface area contributed by atoms with Crippen molar-refractivity contribution >= 4 is 23.4 Å². The highest BCUT2D eigenvalue weighted by molar-refractivity contribution is 6.74. The molecule has 23 heavy (non-hydrogen) atoms. The number of carbonyl (C=O) groups excluding carboxylic acids is 1. The highest BCUT2D eigenvalue weighted by atomic mass is 16.4. The Morgan fingerprint density at radius 1 is 1.00 bits per heavy atom. The van der Waals surface area contributed by atoms with Gasteiger partial charge in [0.15, 0.2) is 11.5 Å². The molecule has 0 unspecified atom stereocenters. The molecule has 2 N–H and O–H groups in total. The second-order valence-electron chi connectivity index (χ2n) is 5.02. The van der Waals surface area contributed by atoms with Crippen molar-refractivity contribution in [1.82, 2.24) is 5.32 Å². The lowest BCUT2D eigenvalue weighted by Gasteiger charge is -1.99. The van der Waals surface area contributed by atoms with Crippen LogP contribution in [0.5, 0.6) is 0 Å². The maximum atomic E-state index is 12.3. The van der Waals surface area contributed by atoms with Gasteiger partial charge in [-0.2, -0.15) is 0 Å². The summed E-state index contributed by atoms with van der Waals surface area (Å²) < 4.78 is 0. The fourth-order valence-corrected chi connectivity index (χ4v) is 2.26. The quantitative estimate of drug-likeness (QED) is 0.520. The number of ketones is 1. The van der Waals surface area contributed by atoms with Gasteiger partial charge in [0.2, 0.25) is 5.78 Å². The molecule has 5 nitrogen and oxygen atoms in total. The highest BCUT2D eigenvalue weighted by Crippen LogP contribution is 2.12. The minimum absolute atomic E-state index is 0.0666. The van der Waals surface area contributed by atoms with E-state index in [0.717, 1.165) is 11.1 Å². The molecule has 1 aliphatic heterocycles. The normalized spacial score (nSPS) is 19.5. The van der Waals surface area contributed by atoms with Gasteiger partial charge in [-0.25, -0.2) is 0 Å². The van der Waals surface area contributed by atoms with Crippen molar-refractivity contribution in [1.29, 1.82) is 0 Å². The Kier molecular flexibility index (Phi) is 4.29.